The standard InChI is InChI=1S/C43H29N3S/c1-43(2)33-19-11-18-32-38-31-17-7-9-21-37(31)47-42(38)46(40(32)33)36-23-22-28(25-34(36)43)39-30-16-6-8-20-35(30)44-41(45-39)29-15-10-14-27(24-29)26-12-4-3-5-13-26/h3-25H,1-2H3. The minimum absolute atomic E-state index is 0.202. The van der Waals surface area contributed by atoms with Gasteiger partial charge in [-0.05, 0) is 52.6 Å². The number of fused-ring (bicyclic) bond motifs is 8. The molecule has 4 heterocycles. The molecule has 0 aliphatic carbocycles. The Labute approximate surface area is 276 Å². The van der Waals surface area contributed by atoms with Crippen LogP contribution in [0.25, 0.3) is 81.6 Å². The Morgan fingerprint density at radius 3 is 2.17 bits per heavy atom. The van der Waals surface area contributed by atoms with E-state index in [0.717, 1.165) is 39.1 Å². The molecule has 0 radical (unpaired) electrons. The molecule has 0 unspecified atom stereocenters. The molecule has 0 spiro atoms. The molecule has 0 amide bonds. The SMILES string of the molecule is CC1(C)c2cc(-c3nc(-c4cccc(-c5ccccc5)c4)nc4ccccc34)ccc2-n2c3sc4ccccc4c3c3cccc1c32. The van der Waals surface area contributed by atoms with E-state index in [4.69, 9.17) is 9.97 Å². The molecule has 0 saturated carbocycles. The second kappa shape index (κ2) is 9.71. The predicted octanol–water partition coefficient (Wildman–Crippen LogP) is 11.6. The minimum atomic E-state index is -0.202. The summed E-state index contributed by atoms with van der Waals surface area (Å²) in [4.78, 5) is 11.7. The van der Waals surface area contributed by atoms with E-state index in [2.05, 4.69) is 158 Å². The van der Waals surface area contributed by atoms with Crippen LogP contribution in [-0.4, -0.2) is 14.5 Å². The number of hydrogen-bond donors (Lipinski definition) is 0. The number of rotatable bonds is 3. The summed E-state index contributed by atoms with van der Waals surface area (Å²) in [5.41, 5.74) is 11.4. The lowest BCUT2D eigenvalue weighted by Crippen LogP contribution is -2.26. The lowest BCUT2D eigenvalue weighted by Gasteiger charge is -2.35. The molecule has 10 rings (SSSR count). The smallest absolute Gasteiger partial charge is 0.160 e. The second-order valence-electron chi connectivity index (χ2n) is 13.0. The van der Waals surface area contributed by atoms with Gasteiger partial charge in [0.1, 0.15) is 4.83 Å². The largest absolute Gasteiger partial charge is 0.300 e. The molecule has 1 aliphatic rings. The number of aromatic nitrogens is 3. The number of hydrogen-bond acceptors (Lipinski definition) is 3. The van der Waals surface area contributed by atoms with Crippen LogP contribution in [0, 0.1) is 0 Å². The molecule has 1 aliphatic heterocycles. The summed E-state index contributed by atoms with van der Waals surface area (Å²) in [5.74, 6) is 0.734. The Hall–Kier alpha value is -5.58. The maximum atomic E-state index is 5.31. The zero-order valence-corrected chi connectivity index (χ0v) is 26.8. The van der Waals surface area contributed by atoms with Gasteiger partial charge in [-0.3, -0.25) is 0 Å². The average molecular weight is 620 g/mol. The van der Waals surface area contributed by atoms with Gasteiger partial charge in [-0.25, -0.2) is 9.97 Å². The van der Waals surface area contributed by atoms with Gasteiger partial charge in [-0.15, -0.1) is 11.3 Å². The molecular weight excluding hydrogens is 591 g/mol. The van der Waals surface area contributed by atoms with Crippen molar-refractivity contribution in [3.8, 4) is 39.5 Å². The Morgan fingerprint density at radius 2 is 1.28 bits per heavy atom. The second-order valence-corrected chi connectivity index (χ2v) is 14.1. The molecule has 0 N–H and O–H groups in total. The van der Waals surface area contributed by atoms with Gasteiger partial charge in [-0.1, -0.05) is 123 Å². The van der Waals surface area contributed by atoms with Crippen molar-refractivity contribution in [3.05, 3.63) is 151 Å². The molecule has 0 fully saturated rings. The van der Waals surface area contributed by atoms with Gasteiger partial charge in [0.15, 0.2) is 5.82 Å². The fourth-order valence-corrected chi connectivity index (χ4v) is 8.93. The molecule has 6 aromatic carbocycles. The number of para-hydroxylation sites is 2. The monoisotopic (exact) mass is 619 g/mol. The van der Waals surface area contributed by atoms with Crippen molar-refractivity contribution < 1.29 is 0 Å². The number of nitrogens with zero attached hydrogens (tertiary/aromatic N) is 3. The molecule has 47 heavy (non-hydrogen) atoms. The fourth-order valence-electron chi connectivity index (χ4n) is 7.69. The predicted molar refractivity (Wildman–Crippen MR) is 198 cm³/mol. The number of benzene rings is 6. The van der Waals surface area contributed by atoms with Gasteiger partial charge in [0.25, 0.3) is 0 Å². The third-order valence-corrected chi connectivity index (χ3v) is 11.2. The molecule has 0 saturated heterocycles. The Balaban J connectivity index is 1.20. The van der Waals surface area contributed by atoms with Gasteiger partial charge in [-0.2, -0.15) is 0 Å². The quantitative estimate of drug-likeness (QED) is 0.197. The van der Waals surface area contributed by atoms with E-state index in [1.807, 2.05) is 11.3 Å². The Bertz CT molecular complexity index is 2710. The average Bonchev–Trinajstić information content (AvgIpc) is 3.66. The van der Waals surface area contributed by atoms with Crippen LogP contribution in [0.3, 0.4) is 0 Å². The zero-order chi connectivity index (χ0) is 31.3. The maximum Gasteiger partial charge on any atom is 0.160 e. The number of thiophene rings is 1. The first kappa shape index (κ1) is 26.6. The van der Waals surface area contributed by atoms with E-state index >= 15 is 0 Å². The van der Waals surface area contributed by atoms with Crippen molar-refractivity contribution in [1.82, 2.24) is 14.5 Å². The molecular formula is C43H29N3S. The van der Waals surface area contributed by atoms with E-state index in [0.29, 0.717) is 0 Å². The maximum absolute atomic E-state index is 5.31. The van der Waals surface area contributed by atoms with Crippen molar-refractivity contribution >= 4 is 53.4 Å². The van der Waals surface area contributed by atoms with Crippen LogP contribution >= 0.6 is 11.3 Å². The van der Waals surface area contributed by atoms with Crippen LogP contribution in [0.1, 0.15) is 25.0 Å². The summed E-state index contributed by atoms with van der Waals surface area (Å²) in [6, 6.07) is 50.0. The van der Waals surface area contributed by atoms with Crippen LogP contribution < -0.4 is 0 Å². The van der Waals surface area contributed by atoms with Crippen molar-refractivity contribution in [2.45, 2.75) is 19.3 Å². The van der Waals surface area contributed by atoms with Gasteiger partial charge < -0.3 is 4.57 Å². The highest BCUT2D eigenvalue weighted by molar-refractivity contribution is 7.25. The van der Waals surface area contributed by atoms with Crippen molar-refractivity contribution in [1.29, 1.82) is 0 Å². The van der Waals surface area contributed by atoms with Crippen molar-refractivity contribution in [3.63, 3.8) is 0 Å². The third kappa shape index (κ3) is 3.79. The van der Waals surface area contributed by atoms with E-state index in [9.17, 15) is 0 Å². The summed E-state index contributed by atoms with van der Waals surface area (Å²) >= 11 is 1.89. The molecule has 3 aromatic heterocycles. The Kier molecular flexibility index (Phi) is 5.50. The van der Waals surface area contributed by atoms with Crippen LogP contribution in [0.15, 0.2) is 140 Å². The summed E-state index contributed by atoms with van der Waals surface area (Å²) in [6.07, 6.45) is 0. The van der Waals surface area contributed by atoms with Gasteiger partial charge >= 0.3 is 0 Å². The molecule has 0 atom stereocenters. The minimum Gasteiger partial charge on any atom is -0.300 e. The summed E-state index contributed by atoms with van der Waals surface area (Å²) < 4.78 is 3.85. The van der Waals surface area contributed by atoms with Gasteiger partial charge in [0, 0.05) is 42.8 Å². The Morgan fingerprint density at radius 1 is 0.553 bits per heavy atom. The highest BCUT2D eigenvalue weighted by Crippen LogP contribution is 2.51. The first-order valence-corrected chi connectivity index (χ1v) is 16.9. The van der Waals surface area contributed by atoms with Crippen LogP contribution in [0.4, 0.5) is 0 Å². The van der Waals surface area contributed by atoms with Gasteiger partial charge in [0.2, 0.25) is 0 Å². The highest BCUT2D eigenvalue weighted by Gasteiger charge is 2.36. The summed E-state index contributed by atoms with van der Waals surface area (Å²) in [5, 5.41) is 5.09. The van der Waals surface area contributed by atoms with Crippen LogP contribution in [0.2, 0.25) is 0 Å². The lowest BCUT2D eigenvalue weighted by molar-refractivity contribution is 0.630. The summed E-state index contributed by atoms with van der Waals surface area (Å²) in [6.45, 7) is 4.73. The molecule has 4 heteroatoms. The molecule has 9 aromatic rings. The van der Waals surface area contributed by atoms with Crippen molar-refractivity contribution in [2.24, 2.45) is 0 Å². The van der Waals surface area contributed by atoms with Crippen molar-refractivity contribution in [2.75, 3.05) is 0 Å². The first-order chi connectivity index (χ1) is 23.1. The lowest BCUT2D eigenvalue weighted by atomic mass is 9.74. The third-order valence-electron chi connectivity index (χ3n) is 10.00. The first-order valence-electron chi connectivity index (χ1n) is 16.1. The van der Waals surface area contributed by atoms with Crippen LogP contribution in [0.5, 0.6) is 0 Å². The molecule has 0 bridgehead atoms. The van der Waals surface area contributed by atoms with Crippen LogP contribution in [-0.2, 0) is 5.41 Å². The normalized spacial score (nSPS) is 13.5. The van der Waals surface area contributed by atoms with Gasteiger partial charge in [0.05, 0.1) is 22.4 Å². The zero-order valence-electron chi connectivity index (χ0n) is 26.0. The van der Waals surface area contributed by atoms with E-state index < -0.39 is 0 Å². The fraction of sp³-hybridized carbons (Fsp3) is 0.0698. The van der Waals surface area contributed by atoms with E-state index in [1.54, 1.807) is 0 Å². The topological polar surface area (TPSA) is 30.7 Å². The molecule has 3 nitrogen and oxygen atoms in total. The van der Waals surface area contributed by atoms with E-state index in [-0.39, 0.29) is 5.41 Å². The highest BCUT2D eigenvalue weighted by atomic mass is 32.1. The van der Waals surface area contributed by atoms with E-state index in [1.165, 1.54) is 53.6 Å². The summed E-state index contributed by atoms with van der Waals surface area (Å²) in [7, 11) is 0. The molecule has 222 valence electrons.